The van der Waals surface area contributed by atoms with Gasteiger partial charge in [-0.3, -0.25) is 14.5 Å². The first-order valence-corrected chi connectivity index (χ1v) is 5.23. The minimum absolute atomic E-state index is 0.0746. The Morgan fingerprint density at radius 3 is 3.00 bits per heavy atom. The van der Waals surface area contributed by atoms with Crippen LogP contribution in [-0.4, -0.2) is 42.8 Å². The van der Waals surface area contributed by atoms with Crippen molar-refractivity contribution in [3.05, 3.63) is 0 Å². The Bertz CT molecular complexity index is 216. The summed E-state index contributed by atoms with van der Waals surface area (Å²) < 4.78 is 0. The molecule has 14 heavy (non-hydrogen) atoms. The minimum Gasteiger partial charge on any atom is -0.356 e. The molecule has 1 aliphatic rings. The number of rotatable bonds is 4. The molecule has 1 aliphatic heterocycles. The van der Waals surface area contributed by atoms with Crippen LogP contribution in [0, 0.1) is 0 Å². The molecule has 0 unspecified atom stereocenters. The van der Waals surface area contributed by atoms with Gasteiger partial charge >= 0.3 is 0 Å². The fourth-order valence-electron chi connectivity index (χ4n) is 1.64. The molecule has 0 radical (unpaired) electrons. The monoisotopic (exact) mass is 198 g/mol. The highest BCUT2D eigenvalue weighted by Crippen LogP contribution is 2.05. The van der Waals surface area contributed by atoms with Crippen molar-refractivity contribution in [3.8, 4) is 0 Å². The molecule has 80 valence electrons. The lowest BCUT2D eigenvalue weighted by atomic mass is 10.1. The third-order valence-corrected chi connectivity index (χ3v) is 2.36. The van der Waals surface area contributed by atoms with E-state index in [0.29, 0.717) is 38.3 Å². The number of Topliss-reactive ketones (excluding diaryl/α,β-unsaturated/α-hetero) is 1. The van der Waals surface area contributed by atoms with Gasteiger partial charge in [0.05, 0.1) is 6.54 Å². The van der Waals surface area contributed by atoms with E-state index >= 15 is 0 Å². The van der Waals surface area contributed by atoms with E-state index in [1.54, 1.807) is 0 Å². The SMILES string of the molecule is CCNC(=O)CCN1CCCC(=O)C1. The summed E-state index contributed by atoms with van der Waals surface area (Å²) in [7, 11) is 0. The summed E-state index contributed by atoms with van der Waals surface area (Å²) in [6.45, 7) is 4.77. The molecule has 1 N–H and O–H groups in total. The first-order chi connectivity index (χ1) is 6.72. The molecule has 0 aromatic carbocycles. The van der Waals surface area contributed by atoms with Crippen molar-refractivity contribution in [1.29, 1.82) is 0 Å². The summed E-state index contributed by atoms with van der Waals surface area (Å²) in [5, 5.41) is 2.75. The van der Waals surface area contributed by atoms with Crippen LogP contribution in [0.15, 0.2) is 0 Å². The highest BCUT2D eigenvalue weighted by atomic mass is 16.1. The molecule has 0 atom stereocenters. The van der Waals surface area contributed by atoms with Crippen LogP contribution in [0.2, 0.25) is 0 Å². The average molecular weight is 198 g/mol. The van der Waals surface area contributed by atoms with E-state index in [1.165, 1.54) is 0 Å². The van der Waals surface area contributed by atoms with Crippen LogP contribution >= 0.6 is 0 Å². The molecule has 0 bridgehead atoms. The van der Waals surface area contributed by atoms with E-state index in [1.807, 2.05) is 6.92 Å². The van der Waals surface area contributed by atoms with Crippen LogP contribution in [0.4, 0.5) is 0 Å². The summed E-state index contributed by atoms with van der Waals surface area (Å²) in [5.74, 6) is 0.373. The van der Waals surface area contributed by atoms with E-state index in [0.717, 1.165) is 13.0 Å². The Hall–Kier alpha value is -0.900. The molecule has 1 saturated heterocycles. The van der Waals surface area contributed by atoms with Crippen molar-refractivity contribution >= 4 is 11.7 Å². The van der Waals surface area contributed by atoms with Gasteiger partial charge in [0.2, 0.25) is 5.91 Å². The number of carbonyl (C=O) groups excluding carboxylic acids is 2. The van der Waals surface area contributed by atoms with Gasteiger partial charge in [-0.15, -0.1) is 0 Å². The zero-order valence-corrected chi connectivity index (χ0v) is 8.71. The molecule has 1 rings (SSSR count). The molecule has 4 nitrogen and oxygen atoms in total. The van der Waals surface area contributed by atoms with Crippen LogP contribution < -0.4 is 5.32 Å². The molecule has 4 heteroatoms. The Balaban J connectivity index is 2.17. The van der Waals surface area contributed by atoms with Crippen molar-refractivity contribution in [2.45, 2.75) is 26.2 Å². The van der Waals surface area contributed by atoms with E-state index in [9.17, 15) is 9.59 Å². The molecule has 1 amide bonds. The first kappa shape index (κ1) is 11.2. The molecule has 1 heterocycles. The molecule has 0 spiro atoms. The maximum atomic E-state index is 11.1. The van der Waals surface area contributed by atoms with Gasteiger partial charge in [0.1, 0.15) is 5.78 Å². The quantitative estimate of drug-likeness (QED) is 0.701. The van der Waals surface area contributed by atoms with E-state index < -0.39 is 0 Å². The van der Waals surface area contributed by atoms with E-state index in [2.05, 4.69) is 10.2 Å². The van der Waals surface area contributed by atoms with Crippen molar-refractivity contribution in [1.82, 2.24) is 10.2 Å². The largest absolute Gasteiger partial charge is 0.356 e. The molecular weight excluding hydrogens is 180 g/mol. The van der Waals surface area contributed by atoms with Gasteiger partial charge in [-0.05, 0) is 19.9 Å². The summed E-state index contributed by atoms with van der Waals surface area (Å²) in [5.41, 5.74) is 0. The smallest absolute Gasteiger partial charge is 0.221 e. The lowest BCUT2D eigenvalue weighted by Crippen LogP contribution is -2.38. The number of nitrogens with zero attached hydrogens (tertiary/aromatic N) is 1. The zero-order chi connectivity index (χ0) is 10.4. The summed E-state index contributed by atoms with van der Waals surface area (Å²) >= 11 is 0. The van der Waals surface area contributed by atoms with Crippen molar-refractivity contribution in [3.63, 3.8) is 0 Å². The second-order valence-corrected chi connectivity index (χ2v) is 3.62. The topological polar surface area (TPSA) is 49.4 Å². The number of nitrogens with one attached hydrogen (secondary N) is 1. The maximum Gasteiger partial charge on any atom is 0.221 e. The lowest BCUT2D eigenvalue weighted by molar-refractivity contribution is -0.124. The Morgan fingerprint density at radius 2 is 2.36 bits per heavy atom. The van der Waals surface area contributed by atoms with E-state index in [4.69, 9.17) is 0 Å². The summed E-state index contributed by atoms with van der Waals surface area (Å²) in [6.07, 6.45) is 2.15. The Labute approximate surface area is 84.7 Å². The molecule has 0 aromatic heterocycles. The number of amides is 1. The summed E-state index contributed by atoms with van der Waals surface area (Å²) in [6, 6.07) is 0. The number of piperidine rings is 1. The van der Waals surface area contributed by atoms with Crippen LogP contribution in [-0.2, 0) is 9.59 Å². The molecule has 0 aromatic rings. The fraction of sp³-hybridized carbons (Fsp3) is 0.800. The van der Waals surface area contributed by atoms with Crippen molar-refractivity contribution in [2.75, 3.05) is 26.2 Å². The minimum atomic E-state index is 0.0746. The fourth-order valence-corrected chi connectivity index (χ4v) is 1.64. The standard InChI is InChI=1S/C10H18N2O2/c1-2-11-10(14)5-7-12-6-3-4-9(13)8-12/h2-8H2,1H3,(H,11,14). The molecule has 0 saturated carbocycles. The van der Waals surface area contributed by atoms with Crippen molar-refractivity contribution in [2.24, 2.45) is 0 Å². The van der Waals surface area contributed by atoms with Gasteiger partial charge in [0.15, 0.2) is 0 Å². The van der Waals surface area contributed by atoms with Gasteiger partial charge in [0, 0.05) is 25.9 Å². The number of hydrogen-bond acceptors (Lipinski definition) is 3. The van der Waals surface area contributed by atoms with Gasteiger partial charge < -0.3 is 5.32 Å². The van der Waals surface area contributed by atoms with Gasteiger partial charge in [-0.2, -0.15) is 0 Å². The molecular formula is C10H18N2O2. The normalized spacial score (nSPS) is 18.2. The highest BCUT2D eigenvalue weighted by Gasteiger charge is 2.16. The average Bonchev–Trinajstić information content (AvgIpc) is 2.15. The Morgan fingerprint density at radius 1 is 1.57 bits per heavy atom. The maximum absolute atomic E-state index is 11.1. The van der Waals surface area contributed by atoms with E-state index in [-0.39, 0.29) is 5.91 Å². The van der Waals surface area contributed by atoms with Crippen LogP contribution in [0.1, 0.15) is 26.2 Å². The van der Waals surface area contributed by atoms with Crippen molar-refractivity contribution < 1.29 is 9.59 Å². The van der Waals surface area contributed by atoms with Gasteiger partial charge in [0.25, 0.3) is 0 Å². The number of ketones is 1. The number of carbonyl (C=O) groups is 2. The predicted octanol–water partition coefficient (Wildman–Crippen LogP) is 0.178. The lowest BCUT2D eigenvalue weighted by Gasteiger charge is -2.24. The highest BCUT2D eigenvalue weighted by molar-refractivity contribution is 5.81. The second-order valence-electron chi connectivity index (χ2n) is 3.62. The Kier molecular flexibility index (Phi) is 4.59. The van der Waals surface area contributed by atoms with Crippen LogP contribution in [0.5, 0.6) is 0 Å². The summed E-state index contributed by atoms with van der Waals surface area (Å²) in [4.78, 5) is 24.3. The van der Waals surface area contributed by atoms with Gasteiger partial charge in [-0.1, -0.05) is 0 Å². The molecule has 0 aliphatic carbocycles. The van der Waals surface area contributed by atoms with Crippen LogP contribution in [0.25, 0.3) is 0 Å². The third-order valence-electron chi connectivity index (χ3n) is 2.36. The van der Waals surface area contributed by atoms with Crippen LogP contribution in [0.3, 0.4) is 0 Å². The zero-order valence-electron chi connectivity index (χ0n) is 8.71. The second kappa shape index (κ2) is 5.75. The first-order valence-electron chi connectivity index (χ1n) is 5.23. The number of hydrogen-bond donors (Lipinski definition) is 1. The molecule has 1 fully saturated rings. The number of likely N-dealkylation sites (tertiary alicyclic amines) is 1. The third kappa shape index (κ3) is 3.87. The van der Waals surface area contributed by atoms with Gasteiger partial charge in [-0.25, -0.2) is 0 Å². The predicted molar refractivity (Wildman–Crippen MR) is 54.0 cm³/mol.